The summed E-state index contributed by atoms with van der Waals surface area (Å²) in [4.78, 5) is 5.25. The van der Waals surface area contributed by atoms with Crippen molar-refractivity contribution in [2.75, 3.05) is 31.6 Å². The molecule has 1 heterocycles. The Kier molecular flexibility index (Phi) is 3.59. The topological polar surface area (TPSA) is 32.5 Å². The van der Waals surface area contributed by atoms with Gasteiger partial charge < -0.3 is 10.6 Å². The first-order valence-corrected chi connectivity index (χ1v) is 6.68. The first kappa shape index (κ1) is 13.3. The summed E-state index contributed by atoms with van der Waals surface area (Å²) in [6.07, 6.45) is 0. The first-order chi connectivity index (χ1) is 8.42. The third-order valence-corrected chi connectivity index (χ3v) is 4.05. The molecule has 0 aromatic heterocycles. The molecule has 0 unspecified atom stereocenters. The summed E-state index contributed by atoms with van der Waals surface area (Å²) < 4.78 is 0. The summed E-state index contributed by atoms with van der Waals surface area (Å²) in [6.45, 7) is 7.59. The number of likely N-dealkylation sites (N-methyl/N-ethyl adjacent to an activating group) is 1. The zero-order chi connectivity index (χ0) is 13.3. The van der Waals surface area contributed by atoms with E-state index in [2.05, 4.69) is 36.8 Å². The molecule has 0 bridgehead atoms. The van der Waals surface area contributed by atoms with E-state index >= 15 is 0 Å². The van der Waals surface area contributed by atoms with Gasteiger partial charge in [-0.05, 0) is 33.0 Å². The lowest BCUT2D eigenvalue weighted by Gasteiger charge is -2.46. The molecule has 1 saturated heterocycles. The Hall–Kier alpha value is -1.13. The summed E-state index contributed by atoms with van der Waals surface area (Å²) in [5, 5.41) is 0. The lowest BCUT2D eigenvalue weighted by atomic mass is 9.98. The number of hydrogen-bond acceptors (Lipinski definition) is 3. The van der Waals surface area contributed by atoms with Crippen molar-refractivity contribution in [3.8, 4) is 0 Å². The standard InChI is InChI=1S/C14H21N3S/c1-14(2)10-17(9-8-16(14)3)12-7-5-4-6-11(12)13(15)18/h4-7H,8-10H2,1-3H3,(H2,15,18). The molecule has 0 spiro atoms. The molecule has 0 radical (unpaired) electrons. The van der Waals surface area contributed by atoms with Crippen LogP contribution in [0.4, 0.5) is 5.69 Å². The largest absolute Gasteiger partial charge is 0.389 e. The van der Waals surface area contributed by atoms with Crippen molar-refractivity contribution in [2.24, 2.45) is 5.73 Å². The van der Waals surface area contributed by atoms with E-state index in [1.807, 2.05) is 18.2 Å². The lowest BCUT2D eigenvalue weighted by molar-refractivity contribution is 0.139. The van der Waals surface area contributed by atoms with Crippen LogP contribution in [-0.2, 0) is 0 Å². The SMILES string of the molecule is CN1CCN(c2ccccc2C(N)=S)CC1(C)C. The molecule has 0 aliphatic carbocycles. The maximum Gasteiger partial charge on any atom is 0.106 e. The minimum absolute atomic E-state index is 0.168. The molecule has 3 nitrogen and oxygen atoms in total. The Bertz CT molecular complexity index is 456. The second-order valence-electron chi connectivity index (χ2n) is 5.54. The molecule has 1 fully saturated rings. The number of benzene rings is 1. The third-order valence-electron chi connectivity index (χ3n) is 3.83. The van der Waals surface area contributed by atoms with Crippen molar-refractivity contribution in [3.05, 3.63) is 29.8 Å². The van der Waals surface area contributed by atoms with Crippen LogP contribution in [0.2, 0.25) is 0 Å². The van der Waals surface area contributed by atoms with Crippen molar-refractivity contribution in [3.63, 3.8) is 0 Å². The molecule has 98 valence electrons. The highest BCUT2D eigenvalue weighted by molar-refractivity contribution is 7.80. The molecule has 0 atom stereocenters. The molecule has 0 amide bonds. The highest BCUT2D eigenvalue weighted by Crippen LogP contribution is 2.27. The minimum Gasteiger partial charge on any atom is -0.389 e. The lowest BCUT2D eigenvalue weighted by Crippen LogP contribution is -2.58. The van der Waals surface area contributed by atoms with E-state index in [-0.39, 0.29) is 5.54 Å². The Morgan fingerprint density at radius 2 is 1.94 bits per heavy atom. The Morgan fingerprint density at radius 1 is 1.28 bits per heavy atom. The molecule has 1 aliphatic heterocycles. The average molecular weight is 263 g/mol. The summed E-state index contributed by atoms with van der Waals surface area (Å²) in [5.74, 6) is 0. The second-order valence-corrected chi connectivity index (χ2v) is 5.98. The summed E-state index contributed by atoms with van der Waals surface area (Å²) in [7, 11) is 2.18. The number of anilines is 1. The highest BCUT2D eigenvalue weighted by atomic mass is 32.1. The van der Waals surface area contributed by atoms with Crippen LogP contribution in [0.1, 0.15) is 19.4 Å². The van der Waals surface area contributed by atoms with Crippen LogP contribution >= 0.6 is 12.2 Å². The molecule has 1 aromatic carbocycles. The monoisotopic (exact) mass is 263 g/mol. The van der Waals surface area contributed by atoms with Crippen LogP contribution in [0.25, 0.3) is 0 Å². The fraction of sp³-hybridized carbons (Fsp3) is 0.500. The predicted octanol–water partition coefficient (Wildman–Crippen LogP) is 1.85. The molecular weight excluding hydrogens is 242 g/mol. The number of piperazine rings is 1. The quantitative estimate of drug-likeness (QED) is 0.826. The molecule has 1 aliphatic rings. The van der Waals surface area contributed by atoms with Gasteiger partial charge in [0.2, 0.25) is 0 Å². The Balaban J connectivity index is 2.30. The van der Waals surface area contributed by atoms with Crippen LogP contribution in [0.3, 0.4) is 0 Å². The Labute approximate surface area is 115 Å². The second kappa shape index (κ2) is 4.86. The summed E-state index contributed by atoms with van der Waals surface area (Å²) >= 11 is 5.14. The van der Waals surface area contributed by atoms with Crippen molar-refractivity contribution in [1.82, 2.24) is 4.90 Å². The molecular formula is C14H21N3S. The van der Waals surface area contributed by atoms with E-state index in [1.54, 1.807) is 0 Å². The number of rotatable bonds is 2. The number of hydrogen-bond donors (Lipinski definition) is 1. The zero-order valence-electron chi connectivity index (χ0n) is 11.3. The van der Waals surface area contributed by atoms with Gasteiger partial charge in [-0.15, -0.1) is 0 Å². The van der Waals surface area contributed by atoms with Crippen molar-refractivity contribution < 1.29 is 0 Å². The van der Waals surface area contributed by atoms with E-state index < -0.39 is 0 Å². The third kappa shape index (κ3) is 2.49. The van der Waals surface area contributed by atoms with E-state index in [1.165, 1.54) is 0 Å². The summed E-state index contributed by atoms with van der Waals surface area (Å²) in [5.41, 5.74) is 8.12. The van der Waals surface area contributed by atoms with Gasteiger partial charge in [-0.1, -0.05) is 24.4 Å². The average Bonchev–Trinajstić information content (AvgIpc) is 2.32. The number of thiocarbonyl (C=S) groups is 1. The van der Waals surface area contributed by atoms with Crippen LogP contribution in [0.15, 0.2) is 24.3 Å². The van der Waals surface area contributed by atoms with E-state index in [0.29, 0.717) is 4.99 Å². The minimum atomic E-state index is 0.168. The molecule has 4 heteroatoms. The number of para-hydroxylation sites is 1. The van der Waals surface area contributed by atoms with E-state index in [9.17, 15) is 0 Å². The molecule has 2 rings (SSSR count). The molecule has 0 saturated carbocycles. The smallest absolute Gasteiger partial charge is 0.106 e. The van der Waals surface area contributed by atoms with Gasteiger partial charge in [-0.2, -0.15) is 0 Å². The normalized spacial score (nSPS) is 19.8. The van der Waals surface area contributed by atoms with Gasteiger partial charge in [0, 0.05) is 36.4 Å². The van der Waals surface area contributed by atoms with Gasteiger partial charge in [-0.25, -0.2) is 0 Å². The zero-order valence-corrected chi connectivity index (χ0v) is 12.1. The van der Waals surface area contributed by atoms with Crippen molar-refractivity contribution >= 4 is 22.9 Å². The van der Waals surface area contributed by atoms with Gasteiger partial charge in [0.05, 0.1) is 0 Å². The number of nitrogens with zero attached hydrogens (tertiary/aromatic N) is 2. The van der Waals surface area contributed by atoms with Crippen LogP contribution in [0.5, 0.6) is 0 Å². The maximum absolute atomic E-state index is 5.81. The predicted molar refractivity (Wildman–Crippen MR) is 81.3 cm³/mol. The van der Waals surface area contributed by atoms with Crippen LogP contribution in [0, 0.1) is 0 Å². The van der Waals surface area contributed by atoms with Gasteiger partial charge in [-0.3, -0.25) is 4.90 Å². The van der Waals surface area contributed by atoms with Crippen LogP contribution < -0.4 is 10.6 Å². The fourth-order valence-corrected chi connectivity index (χ4v) is 2.58. The molecule has 2 N–H and O–H groups in total. The highest BCUT2D eigenvalue weighted by Gasteiger charge is 2.31. The van der Waals surface area contributed by atoms with Crippen molar-refractivity contribution in [1.29, 1.82) is 0 Å². The van der Waals surface area contributed by atoms with Gasteiger partial charge in [0.15, 0.2) is 0 Å². The maximum atomic E-state index is 5.81. The van der Waals surface area contributed by atoms with Crippen molar-refractivity contribution in [2.45, 2.75) is 19.4 Å². The first-order valence-electron chi connectivity index (χ1n) is 6.27. The molecule has 1 aromatic rings. The van der Waals surface area contributed by atoms with Gasteiger partial charge >= 0.3 is 0 Å². The van der Waals surface area contributed by atoms with E-state index in [0.717, 1.165) is 30.9 Å². The van der Waals surface area contributed by atoms with Crippen LogP contribution in [-0.4, -0.2) is 42.1 Å². The van der Waals surface area contributed by atoms with Gasteiger partial charge in [0.25, 0.3) is 0 Å². The Morgan fingerprint density at radius 3 is 2.56 bits per heavy atom. The fourth-order valence-electron chi connectivity index (χ4n) is 2.40. The van der Waals surface area contributed by atoms with E-state index in [4.69, 9.17) is 18.0 Å². The molecule has 18 heavy (non-hydrogen) atoms. The number of nitrogens with two attached hydrogens (primary N) is 1. The van der Waals surface area contributed by atoms with Gasteiger partial charge in [0.1, 0.15) is 4.99 Å². The summed E-state index contributed by atoms with van der Waals surface area (Å²) in [6, 6.07) is 8.14.